The summed E-state index contributed by atoms with van der Waals surface area (Å²) >= 11 is 3.28. The van der Waals surface area contributed by atoms with Crippen LogP contribution in [-0.2, 0) is 26.2 Å². The number of hydrogen-bond donors (Lipinski definition) is 1. The van der Waals surface area contributed by atoms with Crippen molar-refractivity contribution in [2.75, 3.05) is 6.54 Å². The number of fused-ring (bicyclic) bond motifs is 1. The molecular formula is C20H18BrN3O5S. The van der Waals surface area contributed by atoms with Crippen LogP contribution in [0.4, 0.5) is 0 Å². The number of carbonyl (C=O) groups excluding carboxylic acids is 1. The molecule has 3 rings (SSSR count). The van der Waals surface area contributed by atoms with Gasteiger partial charge < -0.3 is 4.74 Å². The van der Waals surface area contributed by atoms with Crippen LogP contribution in [0.15, 0.2) is 63.3 Å². The van der Waals surface area contributed by atoms with E-state index < -0.39 is 22.5 Å². The monoisotopic (exact) mass is 491 g/mol. The number of pyridine rings is 1. The zero-order valence-electron chi connectivity index (χ0n) is 15.9. The first kappa shape index (κ1) is 21.9. The molecule has 156 valence electrons. The fourth-order valence-electron chi connectivity index (χ4n) is 2.46. The van der Waals surface area contributed by atoms with Crippen molar-refractivity contribution in [1.29, 1.82) is 0 Å². The molecule has 0 atom stereocenters. The summed E-state index contributed by atoms with van der Waals surface area (Å²) in [5.41, 5.74) is 2.12. The van der Waals surface area contributed by atoms with Crippen LogP contribution in [0, 0.1) is 6.92 Å². The lowest BCUT2D eigenvalue weighted by Crippen LogP contribution is -2.29. The van der Waals surface area contributed by atoms with Crippen molar-refractivity contribution in [2.24, 2.45) is 0 Å². The number of aryl methyl sites for hydroxylation is 1. The Morgan fingerprint density at radius 3 is 2.70 bits per heavy atom. The van der Waals surface area contributed by atoms with Crippen LogP contribution in [-0.4, -0.2) is 30.3 Å². The van der Waals surface area contributed by atoms with E-state index in [0.717, 1.165) is 15.4 Å². The summed E-state index contributed by atoms with van der Waals surface area (Å²) in [6.45, 7) is 1.14. The minimum atomic E-state index is -3.81. The van der Waals surface area contributed by atoms with E-state index in [0.29, 0.717) is 11.2 Å². The Labute approximate surface area is 181 Å². The van der Waals surface area contributed by atoms with E-state index in [1.54, 1.807) is 30.5 Å². The van der Waals surface area contributed by atoms with E-state index in [9.17, 15) is 18.0 Å². The van der Waals surface area contributed by atoms with Gasteiger partial charge in [-0.1, -0.05) is 29.8 Å². The molecule has 0 saturated carbocycles. The maximum absolute atomic E-state index is 12.1. The molecule has 1 N–H and O–H groups in total. The second-order valence-corrected chi connectivity index (χ2v) is 8.97. The molecule has 8 nitrogen and oxygen atoms in total. The fraction of sp³-hybridized carbons (Fsp3) is 0.150. The van der Waals surface area contributed by atoms with Gasteiger partial charge in [-0.25, -0.2) is 18.1 Å². The summed E-state index contributed by atoms with van der Waals surface area (Å²) in [6.07, 6.45) is 3.01. The lowest BCUT2D eigenvalue weighted by atomic mass is 10.2. The number of sulfonamides is 1. The van der Waals surface area contributed by atoms with Crippen LogP contribution in [0.3, 0.4) is 0 Å². The quantitative estimate of drug-likeness (QED) is 0.508. The highest BCUT2D eigenvalue weighted by molar-refractivity contribution is 9.10. The highest BCUT2D eigenvalue weighted by atomic mass is 79.9. The number of benzene rings is 1. The minimum Gasteiger partial charge on any atom is -0.458 e. The van der Waals surface area contributed by atoms with E-state index in [2.05, 4.69) is 25.6 Å². The zero-order valence-corrected chi connectivity index (χ0v) is 18.3. The van der Waals surface area contributed by atoms with Gasteiger partial charge in [0.05, 0.1) is 5.69 Å². The van der Waals surface area contributed by atoms with E-state index in [-0.39, 0.29) is 17.9 Å². The van der Waals surface area contributed by atoms with Crippen molar-refractivity contribution in [2.45, 2.75) is 13.5 Å². The Morgan fingerprint density at radius 2 is 1.97 bits per heavy atom. The molecule has 0 amide bonds. The van der Waals surface area contributed by atoms with Gasteiger partial charge in [0, 0.05) is 22.1 Å². The van der Waals surface area contributed by atoms with Crippen LogP contribution in [0.5, 0.6) is 0 Å². The Hall–Kier alpha value is -2.82. The molecule has 0 spiro atoms. The largest absolute Gasteiger partial charge is 0.458 e. The first-order valence-corrected chi connectivity index (χ1v) is 11.1. The number of nitrogens with zero attached hydrogens (tertiary/aromatic N) is 2. The first-order valence-electron chi connectivity index (χ1n) is 8.80. The molecule has 1 aromatic carbocycles. The van der Waals surface area contributed by atoms with Crippen LogP contribution < -0.4 is 10.3 Å². The van der Waals surface area contributed by atoms with Crippen LogP contribution in [0.25, 0.3) is 11.7 Å². The van der Waals surface area contributed by atoms with Gasteiger partial charge in [-0.3, -0.25) is 14.0 Å². The van der Waals surface area contributed by atoms with Gasteiger partial charge in [0.25, 0.3) is 5.56 Å². The number of nitrogens with one attached hydrogen (secondary N) is 1. The minimum absolute atomic E-state index is 0.248. The van der Waals surface area contributed by atoms with Gasteiger partial charge in [0.15, 0.2) is 0 Å². The van der Waals surface area contributed by atoms with Gasteiger partial charge in [0.1, 0.15) is 18.8 Å². The highest BCUT2D eigenvalue weighted by Gasteiger charge is 2.11. The number of carbonyl (C=O) groups is 1. The normalized spacial score (nSPS) is 11.8. The number of rotatable bonds is 7. The molecule has 2 aromatic heterocycles. The molecule has 3 aromatic rings. The second-order valence-electron chi connectivity index (χ2n) is 6.40. The standard InChI is InChI=1S/C20H18BrN3O5S/c1-14-2-4-15(5-3-14)8-9-30(27,28)22-11-20(26)29-13-17-10-19(25)24-12-16(21)6-7-18(24)23-17/h2-10,12,22H,11,13H2,1H3/b9-8+. The summed E-state index contributed by atoms with van der Waals surface area (Å²) in [5, 5.41) is 0.981. The molecule has 10 heteroatoms. The van der Waals surface area contributed by atoms with Gasteiger partial charge in [-0.15, -0.1) is 0 Å². The van der Waals surface area contributed by atoms with Gasteiger partial charge in [-0.05, 0) is 46.6 Å². The Kier molecular flexibility index (Phi) is 6.80. The van der Waals surface area contributed by atoms with Crippen LogP contribution in [0.2, 0.25) is 0 Å². The van der Waals surface area contributed by atoms with E-state index in [4.69, 9.17) is 4.74 Å². The number of hydrogen-bond acceptors (Lipinski definition) is 6. The number of ether oxygens (including phenoxy) is 1. The summed E-state index contributed by atoms with van der Waals surface area (Å²) in [5.74, 6) is -0.792. The molecule has 0 aliphatic rings. The smallest absolute Gasteiger partial charge is 0.321 e. The number of halogens is 1. The molecular weight excluding hydrogens is 474 g/mol. The predicted octanol–water partition coefficient (Wildman–Crippen LogP) is 2.40. The van der Waals surface area contributed by atoms with Gasteiger partial charge in [-0.2, -0.15) is 0 Å². The molecule has 2 heterocycles. The predicted molar refractivity (Wildman–Crippen MR) is 116 cm³/mol. The lowest BCUT2D eigenvalue weighted by molar-refractivity contribution is -0.143. The van der Waals surface area contributed by atoms with E-state index >= 15 is 0 Å². The Morgan fingerprint density at radius 1 is 1.23 bits per heavy atom. The SMILES string of the molecule is Cc1ccc(/C=C/S(=O)(=O)NCC(=O)OCc2cc(=O)n3cc(Br)ccc3n2)cc1. The third-order valence-corrected chi connectivity index (χ3v) is 5.50. The number of aromatic nitrogens is 2. The van der Waals surface area contributed by atoms with Crippen molar-refractivity contribution >= 4 is 43.6 Å². The molecule has 0 saturated heterocycles. The second kappa shape index (κ2) is 9.33. The molecule has 0 aliphatic carbocycles. The third-order valence-electron chi connectivity index (χ3n) is 3.99. The van der Waals surface area contributed by atoms with Crippen LogP contribution in [0.1, 0.15) is 16.8 Å². The molecule has 0 aliphatic heterocycles. The summed E-state index contributed by atoms with van der Waals surface area (Å²) < 4.78 is 33.2. The zero-order chi connectivity index (χ0) is 21.7. The maximum atomic E-state index is 12.1. The molecule has 0 bridgehead atoms. The van der Waals surface area contributed by atoms with Crippen molar-refractivity contribution in [3.63, 3.8) is 0 Å². The lowest BCUT2D eigenvalue weighted by Gasteiger charge is -2.07. The Balaban J connectivity index is 1.55. The van der Waals surface area contributed by atoms with E-state index in [1.165, 1.54) is 16.5 Å². The first-order chi connectivity index (χ1) is 14.2. The van der Waals surface area contributed by atoms with Gasteiger partial charge >= 0.3 is 5.97 Å². The number of esters is 1. The van der Waals surface area contributed by atoms with Gasteiger partial charge in [0.2, 0.25) is 10.0 Å². The fourth-order valence-corrected chi connectivity index (χ4v) is 3.55. The molecule has 0 fully saturated rings. The summed E-state index contributed by atoms with van der Waals surface area (Å²) in [7, 11) is -3.81. The molecule has 0 radical (unpaired) electrons. The molecule has 30 heavy (non-hydrogen) atoms. The van der Waals surface area contributed by atoms with Crippen LogP contribution >= 0.6 is 15.9 Å². The Bertz CT molecular complexity index is 1270. The van der Waals surface area contributed by atoms with Crippen molar-refractivity contribution in [3.8, 4) is 0 Å². The average Bonchev–Trinajstić information content (AvgIpc) is 2.71. The topological polar surface area (TPSA) is 107 Å². The van der Waals surface area contributed by atoms with Crippen molar-refractivity contribution in [1.82, 2.24) is 14.1 Å². The third kappa shape index (κ3) is 6.09. The summed E-state index contributed by atoms with van der Waals surface area (Å²) in [6, 6.07) is 11.9. The summed E-state index contributed by atoms with van der Waals surface area (Å²) in [4.78, 5) is 28.2. The average molecular weight is 492 g/mol. The highest BCUT2D eigenvalue weighted by Crippen LogP contribution is 2.10. The maximum Gasteiger partial charge on any atom is 0.321 e. The van der Waals surface area contributed by atoms with Crippen molar-refractivity contribution in [3.05, 3.63) is 85.7 Å². The van der Waals surface area contributed by atoms with E-state index in [1.807, 2.05) is 19.1 Å². The van der Waals surface area contributed by atoms with Crippen molar-refractivity contribution < 1.29 is 17.9 Å². The molecule has 0 unspecified atom stereocenters.